The number of rotatable bonds is 4. The van der Waals surface area contributed by atoms with Crippen molar-refractivity contribution >= 4 is 28.0 Å². The summed E-state index contributed by atoms with van der Waals surface area (Å²) in [6, 6.07) is 9.67. The number of aromatic amines is 1. The highest BCUT2D eigenvalue weighted by atomic mass is 19.3. The molecule has 182 valence electrons. The molecule has 4 aromatic rings. The zero-order valence-corrected chi connectivity index (χ0v) is 19.8. The number of aryl methyl sites for hydroxylation is 1. The third kappa shape index (κ3) is 4.42. The van der Waals surface area contributed by atoms with Crippen molar-refractivity contribution in [2.24, 2.45) is 0 Å². The fourth-order valence-electron chi connectivity index (χ4n) is 4.09. The zero-order valence-electron chi connectivity index (χ0n) is 19.8. The molecule has 1 atom stereocenters. The molecule has 0 saturated carbocycles. The third-order valence-electron chi connectivity index (χ3n) is 5.49. The average Bonchev–Trinajstić information content (AvgIpc) is 3.36. The summed E-state index contributed by atoms with van der Waals surface area (Å²) in [5.74, 6) is -0.202. The van der Waals surface area contributed by atoms with Crippen LogP contribution < -0.4 is 4.74 Å². The number of carbonyl (C=O) groups excluding carboxylic acids is 1. The average molecular weight is 482 g/mol. The van der Waals surface area contributed by atoms with E-state index in [-0.39, 0.29) is 17.1 Å². The predicted molar refractivity (Wildman–Crippen MR) is 124 cm³/mol. The highest BCUT2D eigenvalue weighted by molar-refractivity contribution is 5.96. The van der Waals surface area contributed by atoms with Gasteiger partial charge in [0.25, 0.3) is 0 Å². The Balaban J connectivity index is 1.96. The van der Waals surface area contributed by atoms with Crippen molar-refractivity contribution in [3.63, 3.8) is 0 Å². The van der Waals surface area contributed by atoms with Crippen LogP contribution in [0.5, 0.6) is 5.75 Å². The summed E-state index contributed by atoms with van der Waals surface area (Å²) < 4.78 is 38.3. The van der Waals surface area contributed by atoms with Crippen molar-refractivity contribution in [3.05, 3.63) is 59.0 Å². The first-order valence-corrected chi connectivity index (χ1v) is 10.8. The molecule has 0 amide bonds. The lowest BCUT2D eigenvalue weighted by Gasteiger charge is -2.26. The Hall–Kier alpha value is -3.97. The number of benzene rings is 2. The molecule has 0 aliphatic carbocycles. The zero-order chi connectivity index (χ0) is 25.7. The summed E-state index contributed by atoms with van der Waals surface area (Å²) in [5.41, 5.74) is -0.502. The number of nitrogens with zero attached hydrogens (tertiary/aromatic N) is 3. The first-order chi connectivity index (χ1) is 16.3. The predicted octanol–water partition coefficient (Wildman–Crippen LogP) is 5.34. The van der Waals surface area contributed by atoms with E-state index < -0.39 is 23.9 Å². The van der Waals surface area contributed by atoms with Gasteiger partial charge in [0.15, 0.2) is 0 Å². The van der Waals surface area contributed by atoms with Gasteiger partial charge in [0, 0.05) is 17.1 Å². The number of aliphatic hydroxyl groups is 1. The molecule has 2 heterocycles. The molecule has 0 fully saturated rings. The highest BCUT2D eigenvalue weighted by Gasteiger charge is 2.37. The fourth-order valence-corrected chi connectivity index (χ4v) is 4.09. The van der Waals surface area contributed by atoms with E-state index in [2.05, 4.69) is 9.97 Å². The minimum Gasteiger partial charge on any atom is -0.443 e. The number of ether oxygens (including phenoxy) is 2. The van der Waals surface area contributed by atoms with E-state index in [0.717, 1.165) is 0 Å². The van der Waals surface area contributed by atoms with Gasteiger partial charge < -0.3 is 19.6 Å². The number of alkyl halides is 2. The second-order valence-electron chi connectivity index (χ2n) is 9.37. The Bertz CT molecular complexity index is 1490. The van der Waals surface area contributed by atoms with Gasteiger partial charge >= 0.3 is 12.7 Å². The quantitative estimate of drug-likeness (QED) is 0.406. The lowest BCUT2D eigenvalue weighted by Crippen LogP contribution is -2.28. The molecule has 2 N–H and O–H groups in total. The van der Waals surface area contributed by atoms with Gasteiger partial charge in [-0.2, -0.15) is 14.0 Å². The van der Waals surface area contributed by atoms with Crippen LogP contribution in [0.25, 0.3) is 21.9 Å². The van der Waals surface area contributed by atoms with Crippen molar-refractivity contribution in [1.29, 1.82) is 5.26 Å². The second kappa shape index (κ2) is 8.36. The van der Waals surface area contributed by atoms with E-state index in [9.17, 15) is 18.7 Å². The van der Waals surface area contributed by atoms with Crippen LogP contribution in [0.2, 0.25) is 0 Å². The number of nitrogens with one attached hydrogen (secondary N) is 1. The summed E-state index contributed by atoms with van der Waals surface area (Å²) in [5, 5.41) is 21.2. The Morgan fingerprint density at radius 3 is 2.57 bits per heavy atom. The van der Waals surface area contributed by atoms with Gasteiger partial charge in [-0.15, -0.1) is 0 Å². The number of aromatic nitrogens is 3. The van der Waals surface area contributed by atoms with Crippen molar-refractivity contribution in [3.8, 4) is 11.8 Å². The normalized spacial score (nSPS) is 13.7. The smallest absolute Gasteiger partial charge is 0.419 e. The number of halogens is 2. The second-order valence-corrected chi connectivity index (χ2v) is 9.37. The molecule has 2 aromatic carbocycles. The lowest BCUT2D eigenvalue weighted by atomic mass is 9.90. The van der Waals surface area contributed by atoms with Gasteiger partial charge in [0.05, 0.1) is 28.2 Å². The number of imidazole rings is 1. The largest absolute Gasteiger partial charge is 0.443 e. The van der Waals surface area contributed by atoms with Crippen molar-refractivity contribution in [1.82, 2.24) is 14.5 Å². The van der Waals surface area contributed by atoms with Gasteiger partial charge in [0.2, 0.25) is 0 Å². The Morgan fingerprint density at radius 2 is 1.94 bits per heavy atom. The molecule has 1 unspecified atom stereocenters. The molecular formula is C25H24F2N4O4. The number of H-pyrrole nitrogens is 1. The van der Waals surface area contributed by atoms with Crippen LogP contribution >= 0.6 is 0 Å². The number of fused-ring (bicyclic) bond motifs is 2. The van der Waals surface area contributed by atoms with E-state index in [0.29, 0.717) is 33.1 Å². The van der Waals surface area contributed by atoms with E-state index in [1.54, 1.807) is 45.9 Å². The maximum Gasteiger partial charge on any atom is 0.419 e. The molecule has 4 rings (SSSR count). The van der Waals surface area contributed by atoms with E-state index in [1.807, 2.05) is 6.07 Å². The molecule has 2 aromatic heterocycles. The molecule has 10 heteroatoms. The maximum atomic E-state index is 13.4. The molecule has 0 saturated heterocycles. The topological polar surface area (TPSA) is 113 Å². The van der Waals surface area contributed by atoms with Crippen LogP contribution in [0.3, 0.4) is 0 Å². The number of hydrogen-bond donors (Lipinski definition) is 2. The Morgan fingerprint density at radius 1 is 1.23 bits per heavy atom. The van der Waals surface area contributed by atoms with Gasteiger partial charge in [-0.05, 0) is 70.5 Å². The molecule has 35 heavy (non-hydrogen) atoms. The number of carbonyl (C=O) groups is 1. The Kier molecular flexibility index (Phi) is 5.77. The van der Waals surface area contributed by atoms with E-state index in [4.69, 9.17) is 14.7 Å². The number of nitriles is 1. The van der Waals surface area contributed by atoms with Crippen LogP contribution in [0, 0.1) is 18.3 Å². The van der Waals surface area contributed by atoms with Gasteiger partial charge in [-0.1, -0.05) is 0 Å². The van der Waals surface area contributed by atoms with Gasteiger partial charge in [0.1, 0.15) is 22.8 Å². The summed E-state index contributed by atoms with van der Waals surface area (Å²) >= 11 is 0. The molecule has 0 spiro atoms. The van der Waals surface area contributed by atoms with E-state index >= 15 is 0 Å². The molecule has 0 bridgehead atoms. The first-order valence-electron chi connectivity index (χ1n) is 10.8. The SMILES string of the molecule is Cc1cc(OC(F)F)c(C(C)(O)c2nc3ccc(C#N)cc3[nH]2)c2ccn(C(=O)OC(C)(C)C)c12. The summed E-state index contributed by atoms with van der Waals surface area (Å²) in [4.78, 5) is 20.2. The van der Waals surface area contributed by atoms with Crippen LogP contribution in [0.4, 0.5) is 13.6 Å². The summed E-state index contributed by atoms with van der Waals surface area (Å²) in [7, 11) is 0. The monoisotopic (exact) mass is 482 g/mol. The Labute approximate surface area is 199 Å². The fraction of sp³-hybridized carbons (Fsp3) is 0.320. The molecular weight excluding hydrogens is 458 g/mol. The van der Waals surface area contributed by atoms with Crippen LogP contribution in [-0.2, 0) is 10.3 Å². The molecule has 0 radical (unpaired) electrons. The highest BCUT2D eigenvalue weighted by Crippen LogP contribution is 2.42. The lowest BCUT2D eigenvalue weighted by molar-refractivity contribution is -0.0526. The maximum absolute atomic E-state index is 13.4. The minimum atomic E-state index is -3.15. The standard InChI is InChI=1S/C25H24F2N4O4/c1-13-10-18(34-22(26)27)19(15-8-9-31(20(13)15)23(32)35-24(2,3)4)25(5,33)21-29-16-7-6-14(12-28)11-17(16)30-21/h6-11,22,33H,1-5H3,(H,29,30). The number of hydrogen-bond acceptors (Lipinski definition) is 6. The van der Waals surface area contributed by atoms with Crippen molar-refractivity contribution in [2.75, 3.05) is 0 Å². The first kappa shape index (κ1) is 24.2. The molecule has 0 aliphatic heterocycles. The van der Waals surface area contributed by atoms with Gasteiger partial charge in [-0.25, -0.2) is 9.78 Å². The van der Waals surface area contributed by atoms with Crippen molar-refractivity contribution in [2.45, 2.75) is 52.4 Å². The molecule has 8 nitrogen and oxygen atoms in total. The summed E-state index contributed by atoms with van der Waals surface area (Å²) in [6.45, 7) is 5.07. The van der Waals surface area contributed by atoms with Crippen molar-refractivity contribution < 1.29 is 28.2 Å². The van der Waals surface area contributed by atoms with Crippen LogP contribution in [0.1, 0.15) is 50.2 Å². The van der Waals surface area contributed by atoms with Crippen LogP contribution in [0.15, 0.2) is 36.5 Å². The van der Waals surface area contributed by atoms with Crippen LogP contribution in [-0.4, -0.2) is 37.9 Å². The summed E-state index contributed by atoms with van der Waals surface area (Å²) in [6.07, 6.45) is 0.798. The third-order valence-corrected chi connectivity index (χ3v) is 5.49. The molecule has 0 aliphatic rings. The van der Waals surface area contributed by atoms with E-state index in [1.165, 1.54) is 29.8 Å². The van der Waals surface area contributed by atoms with Gasteiger partial charge in [-0.3, -0.25) is 4.57 Å². The minimum absolute atomic E-state index is 0.000251.